The molecule has 0 aromatic carbocycles. The number of fused-ring (bicyclic) bond motifs is 1. The molecule has 2 aromatic heterocycles. The van der Waals surface area contributed by atoms with Crippen LogP contribution in [-0.4, -0.2) is 31.4 Å². The van der Waals surface area contributed by atoms with E-state index in [2.05, 4.69) is 27.1 Å². The Hall–Kier alpha value is -2.02. The molecule has 7 nitrogen and oxygen atoms in total. The summed E-state index contributed by atoms with van der Waals surface area (Å²) in [6, 6.07) is 1.74. The third kappa shape index (κ3) is 2.35. The lowest BCUT2D eigenvalue weighted by molar-refractivity contribution is 0.156. The number of nitrogens with zero attached hydrogens (tertiary/aromatic N) is 5. The maximum atomic E-state index is 11.8. The summed E-state index contributed by atoms with van der Waals surface area (Å²) in [4.78, 5) is 18.6. The largest absolute Gasteiger partial charge is 0.338 e. The molecule has 0 radical (unpaired) electrons. The van der Waals surface area contributed by atoms with Gasteiger partial charge in [0.1, 0.15) is 0 Å². The number of aryl methyl sites for hydroxylation is 1. The summed E-state index contributed by atoms with van der Waals surface area (Å²) < 4.78 is 6.83. The summed E-state index contributed by atoms with van der Waals surface area (Å²) in [7, 11) is 1.69. The van der Waals surface area contributed by atoms with E-state index in [1.165, 1.54) is 17.5 Å². The Morgan fingerprint density at radius 1 is 1.41 bits per heavy atom. The van der Waals surface area contributed by atoms with E-state index in [1.54, 1.807) is 13.1 Å². The molecule has 0 N–H and O–H groups in total. The molecule has 22 heavy (non-hydrogen) atoms. The molecule has 1 fully saturated rings. The van der Waals surface area contributed by atoms with E-state index >= 15 is 0 Å². The highest BCUT2D eigenvalue weighted by molar-refractivity contribution is 5.21. The van der Waals surface area contributed by atoms with Gasteiger partial charge in [-0.2, -0.15) is 10.1 Å². The Labute approximate surface area is 127 Å². The Kier molecular flexibility index (Phi) is 3.11. The van der Waals surface area contributed by atoms with Gasteiger partial charge in [0.2, 0.25) is 5.89 Å². The van der Waals surface area contributed by atoms with Crippen LogP contribution in [0.25, 0.3) is 0 Å². The fourth-order valence-corrected chi connectivity index (χ4v) is 2.93. The van der Waals surface area contributed by atoms with Crippen LogP contribution in [-0.2, 0) is 20.0 Å². The van der Waals surface area contributed by atoms with E-state index in [0.29, 0.717) is 18.4 Å². The molecule has 0 saturated heterocycles. The summed E-state index contributed by atoms with van der Waals surface area (Å²) >= 11 is 0. The second-order valence-electron chi connectivity index (χ2n) is 6.24. The first-order valence-corrected chi connectivity index (χ1v) is 7.75. The van der Waals surface area contributed by atoms with Crippen molar-refractivity contribution in [1.29, 1.82) is 0 Å². The van der Waals surface area contributed by atoms with E-state index in [4.69, 9.17) is 4.52 Å². The molecule has 7 heteroatoms. The van der Waals surface area contributed by atoms with Crippen molar-refractivity contribution in [1.82, 2.24) is 24.8 Å². The SMILES string of the molecule is C[C@H](c1nc(C2CC2)no1)N1CCc2nn(C)c(=O)cc2C1. The monoisotopic (exact) mass is 301 g/mol. The number of hydrogen-bond donors (Lipinski definition) is 0. The minimum Gasteiger partial charge on any atom is -0.338 e. The van der Waals surface area contributed by atoms with Crippen molar-refractivity contribution in [3.8, 4) is 0 Å². The zero-order valence-electron chi connectivity index (χ0n) is 12.8. The molecular formula is C15H19N5O2. The lowest BCUT2D eigenvalue weighted by atomic mass is 10.0. The molecule has 0 amide bonds. The van der Waals surface area contributed by atoms with Crippen LogP contribution < -0.4 is 5.56 Å². The summed E-state index contributed by atoms with van der Waals surface area (Å²) in [6.45, 7) is 3.64. The van der Waals surface area contributed by atoms with Gasteiger partial charge in [-0.05, 0) is 25.3 Å². The summed E-state index contributed by atoms with van der Waals surface area (Å²) in [5.74, 6) is 2.01. The van der Waals surface area contributed by atoms with E-state index in [-0.39, 0.29) is 11.6 Å². The fourth-order valence-electron chi connectivity index (χ4n) is 2.93. The smallest absolute Gasteiger partial charge is 0.266 e. The molecule has 1 atom stereocenters. The predicted molar refractivity (Wildman–Crippen MR) is 78.3 cm³/mol. The summed E-state index contributed by atoms with van der Waals surface area (Å²) in [5, 5.41) is 8.43. The van der Waals surface area contributed by atoms with E-state index in [9.17, 15) is 4.79 Å². The van der Waals surface area contributed by atoms with Gasteiger partial charge in [-0.15, -0.1) is 0 Å². The third-order valence-electron chi connectivity index (χ3n) is 4.57. The van der Waals surface area contributed by atoms with Crippen molar-refractivity contribution >= 4 is 0 Å². The van der Waals surface area contributed by atoms with Crippen molar-refractivity contribution < 1.29 is 4.52 Å². The molecule has 1 aliphatic heterocycles. The Morgan fingerprint density at radius 2 is 2.23 bits per heavy atom. The topological polar surface area (TPSA) is 77.1 Å². The summed E-state index contributed by atoms with van der Waals surface area (Å²) in [6.07, 6.45) is 3.16. The molecule has 0 spiro atoms. The van der Waals surface area contributed by atoms with Crippen LogP contribution in [0.5, 0.6) is 0 Å². The molecule has 0 unspecified atom stereocenters. The van der Waals surface area contributed by atoms with Gasteiger partial charge in [0.25, 0.3) is 5.56 Å². The van der Waals surface area contributed by atoms with Crippen LogP contribution >= 0.6 is 0 Å². The van der Waals surface area contributed by atoms with E-state index in [0.717, 1.165) is 30.0 Å². The average Bonchev–Trinajstić information content (AvgIpc) is 3.25. The second kappa shape index (κ2) is 5.01. The van der Waals surface area contributed by atoms with Crippen molar-refractivity contribution in [2.75, 3.05) is 6.54 Å². The molecule has 1 saturated carbocycles. The van der Waals surface area contributed by atoms with Crippen molar-refractivity contribution in [3.05, 3.63) is 39.4 Å². The van der Waals surface area contributed by atoms with Gasteiger partial charge in [0.05, 0.1) is 11.7 Å². The van der Waals surface area contributed by atoms with Crippen LogP contribution in [0.3, 0.4) is 0 Å². The number of rotatable bonds is 3. The molecule has 4 rings (SSSR count). The second-order valence-corrected chi connectivity index (χ2v) is 6.24. The van der Waals surface area contributed by atoms with Gasteiger partial charge in [-0.25, -0.2) is 4.68 Å². The van der Waals surface area contributed by atoms with Crippen molar-refractivity contribution in [3.63, 3.8) is 0 Å². The molecule has 1 aliphatic carbocycles. The minimum absolute atomic E-state index is 0.0530. The highest BCUT2D eigenvalue weighted by atomic mass is 16.5. The third-order valence-corrected chi connectivity index (χ3v) is 4.57. The lowest BCUT2D eigenvalue weighted by Gasteiger charge is -2.31. The van der Waals surface area contributed by atoms with E-state index in [1.807, 2.05) is 0 Å². The number of aromatic nitrogens is 4. The number of hydrogen-bond acceptors (Lipinski definition) is 6. The fraction of sp³-hybridized carbons (Fsp3) is 0.600. The minimum atomic E-state index is -0.0675. The van der Waals surface area contributed by atoms with Crippen LogP contribution in [0.15, 0.2) is 15.4 Å². The highest BCUT2D eigenvalue weighted by Gasteiger charge is 2.31. The van der Waals surface area contributed by atoms with Crippen molar-refractivity contribution in [2.45, 2.75) is 44.7 Å². The highest BCUT2D eigenvalue weighted by Crippen LogP contribution is 2.38. The zero-order valence-corrected chi connectivity index (χ0v) is 12.8. The van der Waals surface area contributed by atoms with Gasteiger partial charge in [0, 0.05) is 38.5 Å². The predicted octanol–water partition coefficient (Wildman–Crippen LogP) is 1.16. The van der Waals surface area contributed by atoms with Gasteiger partial charge in [-0.1, -0.05) is 5.16 Å². The van der Waals surface area contributed by atoms with Gasteiger partial charge in [0.15, 0.2) is 5.82 Å². The average molecular weight is 301 g/mol. The molecule has 0 bridgehead atoms. The molecule has 116 valence electrons. The molecular weight excluding hydrogens is 282 g/mol. The van der Waals surface area contributed by atoms with E-state index < -0.39 is 0 Å². The van der Waals surface area contributed by atoms with Crippen LogP contribution in [0, 0.1) is 0 Å². The molecule has 3 heterocycles. The molecule has 2 aliphatic rings. The lowest BCUT2D eigenvalue weighted by Crippen LogP contribution is -2.36. The van der Waals surface area contributed by atoms with Crippen LogP contribution in [0.4, 0.5) is 0 Å². The van der Waals surface area contributed by atoms with Crippen LogP contribution in [0.2, 0.25) is 0 Å². The maximum Gasteiger partial charge on any atom is 0.266 e. The standard InChI is InChI=1S/C15H19N5O2/c1-9(15-16-14(18-22-15)10-3-4-10)20-6-5-12-11(8-20)7-13(21)19(2)17-12/h7,9-10H,3-6,8H2,1-2H3/t9-/m1/s1. The Morgan fingerprint density at radius 3 is 3.00 bits per heavy atom. The first-order chi connectivity index (χ1) is 10.6. The summed E-state index contributed by atoms with van der Waals surface area (Å²) in [5.41, 5.74) is 1.94. The van der Waals surface area contributed by atoms with Gasteiger partial charge >= 0.3 is 0 Å². The maximum absolute atomic E-state index is 11.8. The molecule has 2 aromatic rings. The Bertz CT molecular complexity index is 762. The van der Waals surface area contributed by atoms with Crippen molar-refractivity contribution in [2.24, 2.45) is 7.05 Å². The van der Waals surface area contributed by atoms with Gasteiger partial charge < -0.3 is 4.52 Å². The first kappa shape index (κ1) is 13.6. The zero-order chi connectivity index (χ0) is 15.3. The quantitative estimate of drug-likeness (QED) is 0.846. The first-order valence-electron chi connectivity index (χ1n) is 7.75. The Balaban J connectivity index is 1.55. The van der Waals surface area contributed by atoms with Crippen LogP contribution in [0.1, 0.15) is 54.7 Å². The van der Waals surface area contributed by atoms with Gasteiger partial charge in [-0.3, -0.25) is 9.69 Å². The normalized spacial score (nSPS) is 19.9.